The van der Waals surface area contributed by atoms with Crippen LogP contribution in [0.3, 0.4) is 0 Å². The number of hydrogen-bond acceptors (Lipinski definition) is 20. The van der Waals surface area contributed by atoms with Gasteiger partial charge in [0.05, 0.1) is 101 Å². The van der Waals surface area contributed by atoms with Gasteiger partial charge >= 0.3 is 7.12 Å². The van der Waals surface area contributed by atoms with E-state index in [2.05, 4.69) is 115 Å². The molecule has 7 aromatic heterocycles. The van der Waals surface area contributed by atoms with Crippen molar-refractivity contribution in [2.45, 2.75) is 151 Å². The SMILES string of the molecule is C.C=C1C(Nc2ccc(N3CCN(C4COC4)C[C@@H]3C)cn2)=CC(c2ccnc(N3CCn4c(cc5c4CC(C)(C)C5)C3=O)c2C=O)=CN1C.CC1(C)Cc2cc3n(c2C1)CCN(c1nccc(Cl)c1C=O)C3=O.C[C@H]1CN(C2COC2)CCN1c1ccc(Nc2cc(B3OC(C)(C)C(C)(C)O3)cn(C)c2=O)nc1. The summed E-state index contributed by atoms with van der Waals surface area (Å²) in [6.07, 6.45) is 18.1. The highest BCUT2D eigenvalue weighted by Crippen LogP contribution is 2.43. The van der Waals surface area contributed by atoms with Crippen molar-refractivity contribution in [1.82, 2.24) is 48.3 Å². The molecular weight excluding hydrogens is 1400 g/mol. The first-order chi connectivity index (χ1) is 51.5. The number of anilines is 7. The number of aryl methyl sites for hydroxylation is 1. The molecule has 5 saturated heterocycles. The molecule has 10 aliphatic rings. The Balaban J connectivity index is 0.000000145. The number of halogens is 1. The summed E-state index contributed by atoms with van der Waals surface area (Å²) in [5.41, 5.74) is 12.9. The molecule has 2 atom stereocenters. The molecule has 0 saturated carbocycles. The largest absolute Gasteiger partial charge is 0.496 e. The van der Waals surface area contributed by atoms with Crippen LogP contribution in [0.25, 0.3) is 5.57 Å². The predicted molar refractivity (Wildman–Crippen MR) is 427 cm³/mol. The molecule has 25 nitrogen and oxygen atoms in total. The first kappa shape index (κ1) is 76.5. The van der Waals surface area contributed by atoms with Gasteiger partial charge in [-0.1, -0.05) is 53.3 Å². The van der Waals surface area contributed by atoms with Crippen molar-refractivity contribution in [3.8, 4) is 0 Å². The molecule has 5 fully saturated rings. The number of fused-ring (bicyclic) bond motifs is 6. The number of carbonyl (C=O) groups is 4. The summed E-state index contributed by atoms with van der Waals surface area (Å²) < 4.78 is 29.0. The normalized spacial score (nSPS) is 22.0. The zero-order valence-electron chi connectivity index (χ0n) is 64.0. The Morgan fingerprint density at radius 2 is 1.10 bits per heavy atom. The van der Waals surface area contributed by atoms with E-state index in [9.17, 15) is 24.0 Å². The fraction of sp³-hybridized carbons (Fsp3) is 0.476. The van der Waals surface area contributed by atoms with Crippen molar-refractivity contribution < 1.29 is 38.0 Å². The highest BCUT2D eigenvalue weighted by molar-refractivity contribution is 6.62. The highest BCUT2D eigenvalue weighted by Gasteiger charge is 2.52. The van der Waals surface area contributed by atoms with Crippen molar-refractivity contribution in [3.05, 3.63) is 182 Å². The van der Waals surface area contributed by atoms with Gasteiger partial charge in [0.1, 0.15) is 40.3 Å². The number of nitrogens with zero attached hydrogens (tertiary/aromatic N) is 14. The molecular formula is C82H102BClN16O9. The first-order valence-electron chi connectivity index (χ1n) is 37.7. The van der Waals surface area contributed by atoms with Crippen LogP contribution in [0.15, 0.2) is 121 Å². The van der Waals surface area contributed by atoms with E-state index in [0.717, 1.165) is 131 Å². The summed E-state index contributed by atoms with van der Waals surface area (Å²) in [5.74, 6) is 1.81. The van der Waals surface area contributed by atoms with E-state index in [-0.39, 0.29) is 41.2 Å². The molecule has 0 radical (unpaired) electrons. The number of aldehydes is 2. The molecule has 0 spiro atoms. The first-order valence-corrected chi connectivity index (χ1v) is 38.1. The molecule has 17 rings (SSSR count). The van der Waals surface area contributed by atoms with Crippen molar-refractivity contribution in [1.29, 1.82) is 0 Å². The Morgan fingerprint density at radius 1 is 0.606 bits per heavy atom. The topological polar surface area (TPSA) is 235 Å². The van der Waals surface area contributed by atoms with E-state index >= 15 is 0 Å². The van der Waals surface area contributed by atoms with Crippen LogP contribution in [-0.2, 0) is 64.6 Å². The lowest BCUT2D eigenvalue weighted by Crippen LogP contribution is -2.59. The standard InChI is InChI=1S/C38H44N8O3.C25H36BN5O4.C18H18ClN3O2.CH4/c1-24-19-43(29-22-49-23-29)10-11-44(24)28-6-7-35(40-18-28)41-32-14-27(20-42(5)25(32)2)30-8-9-39-36(31(30)21-47)46-13-12-45-33(37(46)48)15-26-16-38(3,4)17-34(26)45;1-17-13-30(20-15-33-16-20)9-10-31(17)19-7-8-22(27-12-19)28-21-11-18(14-29(6)23(21)32)26-34-24(2,3)25(4,5)35-26;1-18(2)8-11-7-14-17(24)22(6-5-21(14)15(11)9-18)16-12(10-23)13(19)3-4-20-16;/h6-9,14-15,18,20-21,24,29H,2,10-13,16-17,19,22-23H2,1,3-5H3,(H,40,41);7-8,11-12,14,17,20H,9-10,13,15-16H2,1-6H3,(H,27,28);3-4,7,10H,5-6,8-9H2,1-2H3;1H4/t24-;17-;;/m00../s1. The number of likely N-dealkylation sites (N-methyl/N-ethyl adjacent to an activating group) is 1. The lowest BCUT2D eigenvalue weighted by atomic mass is 9.80. The van der Waals surface area contributed by atoms with Crippen LogP contribution in [0.5, 0.6) is 0 Å². The molecule has 2 aliphatic carbocycles. The second-order valence-corrected chi connectivity index (χ2v) is 33.4. The molecule has 8 aliphatic heterocycles. The summed E-state index contributed by atoms with van der Waals surface area (Å²) in [4.78, 5) is 97.0. The minimum absolute atomic E-state index is 0. The van der Waals surface area contributed by atoms with Gasteiger partial charge in [-0.15, -0.1) is 0 Å². The van der Waals surface area contributed by atoms with E-state index < -0.39 is 18.3 Å². The highest BCUT2D eigenvalue weighted by atomic mass is 35.5. The van der Waals surface area contributed by atoms with E-state index in [1.807, 2.05) is 94.6 Å². The van der Waals surface area contributed by atoms with Gasteiger partial charge in [0, 0.05) is 139 Å². The quantitative estimate of drug-likeness (QED) is 0.0761. The number of rotatable bonds is 14. The molecule has 109 heavy (non-hydrogen) atoms. The maximum atomic E-state index is 13.9. The third-order valence-corrected chi connectivity index (χ3v) is 23.9. The van der Waals surface area contributed by atoms with Gasteiger partial charge in [-0.3, -0.25) is 43.6 Å². The molecule has 2 amide bonds. The minimum Gasteiger partial charge on any atom is -0.399 e. The molecule has 15 heterocycles. The summed E-state index contributed by atoms with van der Waals surface area (Å²) in [6, 6.07) is 19.2. The minimum atomic E-state index is -0.547. The van der Waals surface area contributed by atoms with E-state index in [1.165, 1.54) is 28.7 Å². The predicted octanol–water partition coefficient (Wildman–Crippen LogP) is 10.1. The molecule has 574 valence electrons. The second-order valence-electron chi connectivity index (χ2n) is 33.0. The van der Waals surface area contributed by atoms with Crippen LogP contribution < -0.4 is 41.3 Å². The number of aromatic nitrogens is 7. The average molecular weight is 1500 g/mol. The number of carbonyl (C=O) groups excluding carboxylic acids is 4. The van der Waals surface area contributed by atoms with Gasteiger partial charge in [-0.05, 0) is 155 Å². The summed E-state index contributed by atoms with van der Waals surface area (Å²) in [6.45, 7) is 37.6. The van der Waals surface area contributed by atoms with E-state index in [1.54, 1.807) is 45.9 Å². The molecule has 0 bridgehead atoms. The van der Waals surface area contributed by atoms with Gasteiger partial charge in [0.2, 0.25) is 0 Å². The van der Waals surface area contributed by atoms with Crippen LogP contribution in [-0.4, -0.2) is 201 Å². The Morgan fingerprint density at radius 3 is 1.57 bits per heavy atom. The molecule has 7 aromatic rings. The van der Waals surface area contributed by atoms with Crippen molar-refractivity contribution in [2.75, 3.05) is 116 Å². The Labute approximate surface area is 644 Å². The van der Waals surface area contributed by atoms with Crippen molar-refractivity contribution >= 4 is 94.5 Å². The van der Waals surface area contributed by atoms with Gasteiger partial charge in [-0.2, -0.15) is 0 Å². The third kappa shape index (κ3) is 14.8. The van der Waals surface area contributed by atoms with Crippen LogP contribution in [0, 0.1) is 10.8 Å². The van der Waals surface area contributed by atoms with Gasteiger partial charge in [0.25, 0.3) is 17.4 Å². The number of amides is 2. The van der Waals surface area contributed by atoms with Crippen molar-refractivity contribution in [2.24, 2.45) is 17.9 Å². The van der Waals surface area contributed by atoms with Crippen LogP contribution >= 0.6 is 11.6 Å². The zero-order chi connectivity index (χ0) is 76.0. The van der Waals surface area contributed by atoms with E-state index in [0.29, 0.717) is 113 Å². The van der Waals surface area contributed by atoms with Gasteiger partial charge in [-0.25, -0.2) is 19.9 Å². The average Bonchev–Trinajstić information content (AvgIpc) is 1.62. The lowest BCUT2D eigenvalue weighted by Gasteiger charge is -2.46. The number of nitrogens with one attached hydrogen (secondary N) is 2. The Bertz CT molecular complexity index is 4810. The summed E-state index contributed by atoms with van der Waals surface area (Å²) in [5, 5.41) is 6.97. The molecule has 0 aromatic carbocycles. The fourth-order valence-corrected chi connectivity index (χ4v) is 17.0. The zero-order valence-corrected chi connectivity index (χ0v) is 64.8. The Kier molecular flexibility index (Phi) is 20.9. The smallest absolute Gasteiger partial charge is 0.399 e. The monoisotopic (exact) mass is 1500 g/mol. The molecule has 27 heteroatoms. The summed E-state index contributed by atoms with van der Waals surface area (Å²) >= 11 is 6.07. The number of piperazine rings is 2. The summed E-state index contributed by atoms with van der Waals surface area (Å²) in [7, 11) is 3.11. The molecule has 2 N–H and O–H groups in total. The number of ether oxygens (including phenoxy) is 2. The second kappa shape index (κ2) is 29.8. The maximum absolute atomic E-state index is 13.9. The van der Waals surface area contributed by atoms with E-state index in [4.69, 9.17) is 35.4 Å². The van der Waals surface area contributed by atoms with Gasteiger partial charge in [0.15, 0.2) is 12.6 Å². The molecule has 0 unspecified atom stereocenters. The maximum Gasteiger partial charge on any atom is 0.496 e. The van der Waals surface area contributed by atoms with Crippen LogP contribution in [0.2, 0.25) is 5.02 Å². The van der Waals surface area contributed by atoms with Crippen molar-refractivity contribution in [3.63, 3.8) is 0 Å². The number of allylic oxidation sites excluding steroid dienone is 2. The fourth-order valence-electron chi connectivity index (χ4n) is 16.8. The van der Waals surface area contributed by atoms with Crippen LogP contribution in [0.1, 0.15) is 146 Å². The number of pyridine rings is 5. The third-order valence-electron chi connectivity index (χ3n) is 23.6. The lowest BCUT2D eigenvalue weighted by molar-refractivity contribution is -0.0691. The van der Waals surface area contributed by atoms with Crippen LogP contribution in [0.4, 0.5) is 40.3 Å². The van der Waals surface area contributed by atoms with Gasteiger partial charge < -0.3 is 57.8 Å². The number of hydrogen-bond donors (Lipinski definition) is 2. The Hall–Kier alpha value is -9.28.